The summed E-state index contributed by atoms with van der Waals surface area (Å²) in [7, 11) is 1.67. The molecule has 0 aromatic carbocycles. The van der Waals surface area contributed by atoms with Crippen LogP contribution in [0, 0.1) is 0 Å². The number of carboxylic acids is 1. The lowest BCUT2D eigenvalue weighted by Gasteiger charge is -2.02. The van der Waals surface area contributed by atoms with Gasteiger partial charge in [-0.25, -0.2) is 4.98 Å². The molecule has 0 aliphatic rings. The second-order valence-electron chi connectivity index (χ2n) is 3.03. The molecule has 2 aromatic heterocycles. The SMILES string of the molecule is CNc1nc(Cl)nc2c1ncn2CC(=O)O. The minimum atomic E-state index is -0.972. The third-order valence-corrected chi connectivity index (χ3v) is 2.15. The van der Waals surface area contributed by atoms with Crippen LogP contribution < -0.4 is 5.32 Å². The van der Waals surface area contributed by atoms with Gasteiger partial charge >= 0.3 is 5.97 Å². The molecule has 0 fully saturated rings. The van der Waals surface area contributed by atoms with Gasteiger partial charge < -0.3 is 15.0 Å². The van der Waals surface area contributed by atoms with E-state index in [1.54, 1.807) is 7.05 Å². The first kappa shape index (κ1) is 10.6. The van der Waals surface area contributed by atoms with Crippen molar-refractivity contribution >= 4 is 34.6 Å². The fraction of sp³-hybridized carbons (Fsp3) is 0.250. The Hall–Kier alpha value is -1.89. The molecule has 0 bridgehead atoms. The van der Waals surface area contributed by atoms with Gasteiger partial charge in [-0.3, -0.25) is 4.79 Å². The number of fused-ring (bicyclic) bond motifs is 1. The summed E-state index contributed by atoms with van der Waals surface area (Å²) >= 11 is 5.72. The zero-order chi connectivity index (χ0) is 11.7. The van der Waals surface area contributed by atoms with Crippen molar-refractivity contribution in [1.29, 1.82) is 0 Å². The van der Waals surface area contributed by atoms with E-state index in [0.717, 1.165) is 0 Å². The van der Waals surface area contributed by atoms with Crippen LogP contribution in [0.15, 0.2) is 6.33 Å². The number of nitrogens with one attached hydrogen (secondary N) is 1. The fourth-order valence-corrected chi connectivity index (χ4v) is 1.52. The van der Waals surface area contributed by atoms with E-state index in [4.69, 9.17) is 16.7 Å². The summed E-state index contributed by atoms with van der Waals surface area (Å²) < 4.78 is 1.39. The van der Waals surface area contributed by atoms with Crippen molar-refractivity contribution in [2.45, 2.75) is 6.54 Å². The average molecular weight is 242 g/mol. The van der Waals surface area contributed by atoms with E-state index >= 15 is 0 Å². The number of hydrogen-bond acceptors (Lipinski definition) is 5. The molecule has 2 N–H and O–H groups in total. The van der Waals surface area contributed by atoms with Gasteiger partial charge in [0.25, 0.3) is 0 Å². The molecule has 7 nitrogen and oxygen atoms in total. The second-order valence-corrected chi connectivity index (χ2v) is 3.37. The van der Waals surface area contributed by atoms with Crippen molar-refractivity contribution in [1.82, 2.24) is 19.5 Å². The van der Waals surface area contributed by atoms with Crippen LogP contribution in [0.25, 0.3) is 11.2 Å². The van der Waals surface area contributed by atoms with Crippen molar-refractivity contribution in [2.75, 3.05) is 12.4 Å². The average Bonchev–Trinajstić information content (AvgIpc) is 2.59. The highest BCUT2D eigenvalue weighted by Crippen LogP contribution is 2.19. The highest BCUT2D eigenvalue weighted by molar-refractivity contribution is 6.28. The predicted octanol–water partition coefficient (Wildman–Crippen LogP) is 0.606. The van der Waals surface area contributed by atoms with Crippen molar-refractivity contribution in [3.05, 3.63) is 11.6 Å². The van der Waals surface area contributed by atoms with Crippen LogP contribution in [0.4, 0.5) is 5.82 Å². The quantitative estimate of drug-likeness (QED) is 0.765. The minimum absolute atomic E-state index is 0.0454. The third-order valence-electron chi connectivity index (χ3n) is 1.98. The van der Waals surface area contributed by atoms with Crippen molar-refractivity contribution in [3.63, 3.8) is 0 Å². The smallest absolute Gasteiger partial charge is 0.323 e. The number of rotatable bonds is 3. The topological polar surface area (TPSA) is 92.9 Å². The molecular formula is C8H8ClN5O2. The summed E-state index contributed by atoms with van der Waals surface area (Å²) in [5.41, 5.74) is 0.889. The van der Waals surface area contributed by atoms with Gasteiger partial charge in [-0.2, -0.15) is 9.97 Å². The summed E-state index contributed by atoms with van der Waals surface area (Å²) in [5.74, 6) is -0.501. The number of aromatic nitrogens is 4. The molecule has 2 heterocycles. The van der Waals surface area contributed by atoms with Crippen LogP contribution in [0.2, 0.25) is 5.28 Å². The van der Waals surface area contributed by atoms with Gasteiger partial charge in [0.15, 0.2) is 17.0 Å². The van der Waals surface area contributed by atoms with Crippen LogP contribution in [0.3, 0.4) is 0 Å². The maximum absolute atomic E-state index is 10.6. The van der Waals surface area contributed by atoms with E-state index in [-0.39, 0.29) is 11.8 Å². The normalized spacial score (nSPS) is 10.6. The van der Waals surface area contributed by atoms with Crippen LogP contribution >= 0.6 is 11.6 Å². The first-order valence-corrected chi connectivity index (χ1v) is 4.77. The maximum atomic E-state index is 10.6. The molecule has 0 unspecified atom stereocenters. The molecule has 0 radical (unpaired) electrons. The first-order chi connectivity index (χ1) is 7.61. The molecule has 16 heavy (non-hydrogen) atoms. The Kier molecular flexibility index (Phi) is 2.61. The standard InChI is InChI=1S/C8H8ClN5O2/c1-10-6-5-7(13-8(9)12-6)14(3-11-5)2-4(15)16/h3H,2H2,1H3,(H,15,16)(H,10,12,13). The van der Waals surface area contributed by atoms with Gasteiger partial charge in [0.05, 0.1) is 6.33 Å². The largest absolute Gasteiger partial charge is 0.480 e. The maximum Gasteiger partial charge on any atom is 0.323 e. The van der Waals surface area contributed by atoms with E-state index in [0.29, 0.717) is 17.0 Å². The Balaban J connectivity index is 2.62. The van der Waals surface area contributed by atoms with Crippen molar-refractivity contribution in [3.8, 4) is 0 Å². The lowest BCUT2D eigenvalue weighted by molar-refractivity contribution is -0.137. The molecule has 2 rings (SSSR count). The van der Waals surface area contributed by atoms with E-state index < -0.39 is 5.97 Å². The number of nitrogens with zero attached hydrogens (tertiary/aromatic N) is 4. The van der Waals surface area contributed by atoms with Crippen molar-refractivity contribution < 1.29 is 9.90 Å². The zero-order valence-corrected chi connectivity index (χ0v) is 9.06. The Morgan fingerprint density at radius 3 is 3.00 bits per heavy atom. The molecule has 0 aliphatic heterocycles. The van der Waals surface area contributed by atoms with Gasteiger partial charge in [0, 0.05) is 7.05 Å². The van der Waals surface area contributed by atoms with Crippen LogP contribution in [0.1, 0.15) is 0 Å². The predicted molar refractivity (Wildman–Crippen MR) is 57.5 cm³/mol. The number of hydrogen-bond donors (Lipinski definition) is 2. The van der Waals surface area contributed by atoms with Gasteiger partial charge in [0.1, 0.15) is 6.54 Å². The highest BCUT2D eigenvalue weighted by Gasteiger charge is 2.12. The van der Waals surface area contributed by atoms with Gasteiger partial charge in [0.2, 0.25) is 5.28 Å². The van der Waals surface area contributed by atoms with Crippen LogP contribution in [-0.2, 0) is 11.3 Å². The molecular weight excluding hydrogens is 234 g/mol. The summed E-state index contributed by atoms with van der Waals surface area (Å²) in [4.78, 5) is 22.5. The summed E-state index contributed by atoms with van der Waals surface area (Å²) in [6.07, 6.45) is 1.39. The van der Waals surface area contributed by atoms with Crippen LogP contribution in [-0.4, -0.2) is 37.6 Å². The van der Waals surface area contributed by atoms with Crippen molar-refractivity contribution in [2.24, 2.45) is 0 Å². The third kappa shape index (κ3) is 1.76. The number of imidazole rings is 1. The summed E-state index contributed by atoms with van der Waals surface area (Å²) in [5, 5.41) is 11.6. The number of aliphatic carboxylic acids is 1. The number of anilines is 1. The highest BCUT2D eigenvalue weighted by atomic mass is 35.5. The molecule has 8 heteroatoms. The lowest BCUT2D eigenvalue weighted by atomic mass is 10.5. The molecule has 0 amide bonds. The monoisotopic (exact) mass is 241 g/mol. The zero-order valence-electron chi connectivity index (χ0n) is 8.31. The fourth-order valence-electron chi connectivity index (χ4n) is 1.35. The molecule has 2 aromatic rings. The van der Waals surface area contributed by atoms with Gasteiger partial charge in [-0.15, -0.1) is 0 Å². The molecule has 0 saturated heterocycles. The van der Waals surface area contributed by atoms with Gasteiger partial charge in [-0.05, 0) is 11.6 Å². The van der Waals surface area contributed by atoms with E-state index in [1.165, 1.54) is 10.9 Å². The van der Waals surface area contributed by atoms with E-state index in [9.17, 15) is 4.79 Å². The van der Waals surface area contributed by atoms with E-state index in [2.05, 4.69) is 20.3 Å². The van der Waals surface area contributed by atoms with Crippen LogP contribution in [0.5, 0.6) is 0 Å². The van der Waals surface area contributed by atoms with Gasteiger partial charge in [-0.1, -0.05) is 0 Å². The summed E-state index contributed by atoms with van der Waals surface area (Å²) in [6.45, 7) is -0.215. The lowest BCUT2D eigenvalue weighted by Crippen LogP contribution is -2.08. The second kappa shape index (κ2) is 3.93. The Morgan fingerprint density at radius 1 is 1.62 bits per heavy atom. The molecule has 0 saturated carbocycles. The number of carbonyl (C=O) groups is 1. The summed E-state index contributed by atoms with van der Waals surface area (Å²) in [6, 6.07) is 0. The minimum Gasteiger partial charge on any atom is -0.480 e. The first-order valence-electron chi connectivity index (χ1n) is 4.39. The number of carboxylic acid groups (broad SMARTS) is 1. The molecule has 0 spiro atoms. The molecule has 0 atom stereocenters. The Bertz CT molecular complexity index is 553. The number of halogens is 1. The Labute approximate surface area is 95.1 Å². The molecule has 84 valence electrons. The Morgan fingerprint density at radius 2 is 2.38 bits per heavy atom. The molecule has 0 aliphatic carbocycles. The van der Waals surface area contributed by atoms with E-state index in [1.807, 2.05) is 0 Å².